The lowest BCUT2D eigenvalue weighted by atomic mass is 10.1. The number of hydrazine groups is 1. The van der Waals surface area contributed by atoms with E-state index in [-0.39, 0.29) is 18.7 Å². The van der Waals surface area contributed by atoms with E-state index in [9.17, 15) is 24.0 Å². The zero-order valence-electron chi connectivity index (χ0n) is 16.8. The second-order valence-corrected chi connectivity index (χ2v) is 7.01. The maximum Gasteiger partial charge on any atom is 0.311 e. The summed E-state index contributed by atoms with van der Waals surface area (Å²) in [7, 11) is 0. The fraction of sp³-hybridized carbons (Fsp3) is 0.227. The number of esters is 1. The number of benzene rings is 2. The smallest absolute Gasteiger partial charge is 0.311 e. The van der Waals surface area contributed by atoms with Gasteiger partial charge < -0.3 is 10.1 Å². The Hall–Kier alpha value is -4.01. The van der Waals surface area contributed by atoms with E-state index in [4.69, 9.17) is 4.74 Å². The van der Waals surface area contributed by atoms with Gasteiger partial charge in [0.2, 0.25) is 5.91 Å². The van der Waals surface area contributed by atoms with Gasteiger partial charge in [-0.2, -0.15) is 0 Å². The molecule has 1 heterocycles. The van der Waals surface area contributed by atoms with Crippen molar-refractivity contribution < 1.29 is 28.7 Å². The van der Waals surface area contributed by atoms with Crippen molar-refractivity contribution in [3.05, 3.63) is 65.7 Å². The summed E-state index contributed by atoms with van der Waals surface area (Å²) < 4.78 is 5.01. The number of nitrogens with zero attached hydrogens (tertiary/aromatic N) is 1. The molecule has 3 amide bonds. The first-order chi connectivity index (χ1) is 14.8. The van der Waals surface area contributed by atoms with Crippen LogP contribution in [0.25, 0.3) is 0 Å². The molecule has 0 spiro atoms. The van der Waals surface area contributed by atoms with Crippen molar-refractivity contribution in [2.75, 3.05) is 18.5 Å². The molecular weight excluding hydrogens is 402 g/mol. The van der Waals surface area contributed by atoms with Crippen LogP contribution in [-0.4, -0.2) is 47.6 Å². The molecule has 1 aliphatic heterocycles. The lowest BCUT2D eigenvalue weighted by molar-refractivity contribution is -0.151. The number of hydrogen-bond acceptors (Lipinski definition) is 6. The highest BCUT2D eigenvalue weighted by molar-refractivity contribution is 5.98. The first-order valence-electron chi connectivity index (χ1n) is 9.57. The predicted molar refractivity (Wildman–Crippen MR) is 110 cm³/mol. The number of amides is 3. The van der Waals surface area contributed by atoms with Gasteiger partial charge in [0.05, 0.1) is 12.5 Å². The van der Waals surface area contributed by atoms with Crippen LogP contribution >= 0.6 is 0 Å². The summed E-state index contributed by atoms with van der Waals surface area (Å²) in [6.45, 7) is 0.833. The summed E-state index contributed by atoms with van der Waals surface area (Å²) in [5.74, 6) is -3.10. The highest BCUT2D eigenvalue weighted by Crippen LogP contribution is 2.18. The molecule has 3 rings (SSSR count). The van der Waals surface area contributed by atoms with Gasteiger partial charge in [-0.25, -0.2) is 0 Å². The summed E-state index contributed by atoms with van der Waals surface area (Å²) in [5.41, 5.74) is 3.70. The number of rotatable bonds is 7. The molecule has 0 aliphatic carbocycles. The Bertz CT molecular complexity index is 1020. The topological polar surface area (TPSA) is 122 Å². The number of anilines is 1. The molecule has 2 aromatic rings. The van der Waals surface area contributed by atoms with Crippen LogP contribution in [0.15, 0.2) is 54.6 Å². The SMILES string of the molecule is CC(=O)c1cccc(NC(=O)COC(=O)[C@@H]2CC(=O)N(NC(=O)c3ccccc3)C2)c1. The number of nitrogens with one attached hydrogen (secondary N) is 2. The van der Waals surface area contributed by atoms with E-state index in [2.05, 4.69) is 10.7 Å². The van der Waals surface area contributed by atoms with Crippen molar-refractivity contribution in [3.8, 4) is 0 Å². The second kappa shape index (κ2) is 9.66. The van der Waals surface area contributed by atoms with E-state index < -0.39 is 36.2 Å². The van der Waals surface area contributed by atoms with E-state index in [0.29, 0.717) is 16.8 Å². The first kappa shape index (κ1) is 21.7. The molecule has 1 fully saturated rings. The number of carbonyl (C=O) groups is 5. The van der Waals surface area contributed by atoms with Gasteiger partial charge in [0.15, 0.2) is 12.4 Å². The molecule has 1 aliphatic rings. The lowest BCUT2D eigenvalue weighted by Crippen LogP contribution is -2.43. The summed E-state index contributed by atoms with van der Waals surface area (Å²) >= 11 is 0. The van der Waals surface area contributed by atoms with Gasteiger partial charge in [-0.1, -0.05) is 30.3 Å². The standard InChI is InChI=1S/C22H21N3O6/c1-14(26)16-8-5-9-18(10-16)23-19(27)13-31-22(30)17-11-20(28)25(12-17)24-21(29)15-6-3-2-4-7-15/h2-10,17H,11-13H2,1H3,(H,23,27)(H,24,29)/t17-/m1/s1. The molecule has 2 aromatic carbocycles. The number of carbonyl (C=O) groups excluding carboxylic acids is 5. The fourth-order valence-corrected chi connectivity index (χ4v) is 3.02. The fourth-order valence-electron chi connectivity index (χ4n) is 3.02. The minimum atomic E-state index is -0.794. The third-order valence-corrected chi connectivity index (χ3v) is 4.63. The Labute approximate surface area is 178 Å². The second-order valence-electron chi connectivity index (χ2n) is 7.01. The zero-order chi connectivity index (χ0) is 22.4. The summed E-state index contributed by atoms with van der Waals surface area (Å²) in [6, 6.07) is 14.7. The van der Waals surface area contributed by atoms with Crippen LogP contribution in [0.2, 0.25) is 0 Å². The van der Waals surface area contributed by atoms with Crippen LogP contribution in [0.4, 0.5) is 5.69 Å². The molecule has 0 saturated carbocycles. The molecule has 0 radical (unpaired) electrons. The Morgan fingerprint density at radius 2 is 1.74 bits per heavy atom. The van der Waals surface area contributed by atoms with Crippen LogP contribution in [0.5, 0.6) is 0 Å². The average Bonchev–Trinajstić information content (AvgIpc) is 3.13. The van der Waals surface area contributed by atoms with Crippen molar-refractivity contribution in [3.63, 3.8) is 0 Å². The number of hydrogen-bond donors (Lipinski definition) is 2. The summed E-state index contributed by atoms with van der Waals surface area (Å²) in [5, 5.41) is 3.62. The Morgan fingerprint density at radius 1 is 1.03 bits per heavy atom. The maximum atomic E-state index is 12.3. The molecule has 9 nitrogen and oxygen atoms in total. The zero-order valence-corrected chi connectivity index (χ0v) is 16.8. The van der Waals surface area contributed by atoms with E-state index in [1.807, 2.05) is 0 Å². The van der Waals surface area contributed by atoms with Crippen molar-refractivity contribution in [2.24, 2.45) is 5.92 Å². The van der Waals surface area contributed by atoms with Crippen LogP contribution in [-0.2, 0) is 19.1 Å². The third-order valence-electron chi connectivity index (χ3n) is 4.63. The molecule has 160 valence electrons. The van der Waals surface area contributed by atoms with Gasteiger partial charge in [0.1, 0.15) is 0 Å². The van der Waals surface area contributed by atoms with Crippen LogP contribution in [0.1, 0.15) is 34.1 Å². The summed E-state index contributed by atoms with van der Waals surface area (Å²) in [4.78, 5) is 60.0. The Balaban J connectivity index is 1.48. The van der Waals surface area contributed by atoms with E-state index in [1.54, 1.807) is 48.5 Å². The van der Waals surface area contributed by atoms with E-state index in [0.717, 1.165) is 5.01 Å². The van der Waals surface area contributed by atoms with Crippen molar-refractivity contribution >= 4 is 35.2 Å². The maximum absolute atomic E-state index is 12.3. The van der Waals surface area contributed by atoms with Crippen LogP contribution < -0.4 is 10.7 Å². The number of ketones is 1. The molecule has 0 aromatic heterocycles. The van der Waals surface area contributed by atoms with Crippen LogP contribution in [0, 0.1) is 5.92 Å². The van der Waals surface area contributed by atoms with Gasteiger partial charge in [-0.15, -0.1) is 0 Å². The highest BCUT2D eigenvalue weighted by atomic mass is 16.5. The predicted octanol–water partition coefficient (Wildman–Crippen LogP) is 1.56. The Morgan fingerprint density at radius 3 is 2.45 bits per heavy atom. The molecule has 9 heteroatoms. The number of ether oxygens (including phenoxy) is 1. The van der Waals surface area contributed by atoms with Gasteiger partial charge in [0, 0.05) is 23.2 Å². The first-order valence-corrected chi connectivity index (χ1v) is 9.57. The largest absolute Gasteiger partial charge is 0.455 e. The third kappa shape index (κ3) is 5.75. The minimum absolute atomic E-state index is 0.0431. The van der Waals surface area contributed by atoms with Gasteiger partial charge >= 0.3 is 5.97 Å². The van der Waals surface area contributed by atoms with Gasteiger partial charge in [0.25, 0.3) is 11.8 Å². The van der Waals surface area contributed by atoms with Crippen molar-refractivity contribution in [1.29, 1.82) is 0 Å². The number of Topliss-reactive ketones (excluding diaryl/α,β-unsaturated/α-hetero) is 1. The Kier molecular flexibility index (Phi) is 6.76. The van der Waals surface area contributed by atoms with E-state index >= 15 is 0 Å². The van der Waals surface area contributed by atoms with Crippen LogP contribution in [0.3, 0.4) is 0 Å². The lowest BCUT2D eigenvalue weighted by Gasteiger charge is -2.17. The average molecular weight is 423 g/mol. The van der Waals surface area contributed by atoms with E-state index in [1.165, 1.54) is 13.0 Å². The monoisotopic (exact) mass is 423 g/mol. The molecule has 0 bridgehead atoms. The normalized spacial score (nSPS) is 15.3. The minimum Gasteiger partial charge on any atom is -0.455 e. The van der Waals surface area contributed by atoms with Crippen molar-refractivity contribution in [1.82, 2.24) is 10.4 Å². The molecule has 0 unspecified atom stereocenters. The van der Waals surface area contributed by atoms with Gasteiger partial charge in [-0.3, -0.25) is 34.4 Å². The molecule has 1 saturated heterocycles. The quantitative estimate of drug-likeness (QED) is 0.515. The molecule has 2 N–H and O–H groups in total. The van der Waals surface area contributed by atoms with Crippen molar-refractivity contribution in [2.45, 2.75) is 13.3 Å². The van der Waals surface area contributed by atoms with Gasteiger partial charge in [-0.05, 0) is 31.2 Å². The summed E-state index contributed by atoms with van der Waals surface area (Å²) in [6.07, 6.45) is -0.129. The molecular formula is C22H21N3O6. The molecule has 1 atom stereocenters. The highest BCUT2D eigenvalue weighted by Gasteiger charge is 2.36. The molecule has 31 heavy (non-hydrogen) atoms.